The minimum Gasteiger partial charge on any atom is -0.350 e. The molecule has 1 aliphatic rings. The molecule has 0 aromatic rings. The van der Waals surface area contributed by atoms with E-state index >= 15 is 0 Å². The van der Waals surface area contributed by atoms with Crippen molar-refractivity contribution in [2.75, 3.05) is 6.54 Å². The Morgan fingerprint density at radius 3 is 2.47 bits per heavy atom. The lowest BCUT2D eigenvalue weighted by atomic mass is 9.90. The van der Waals surface area contributed by atoms with Crippen molar-refractivity contribution < 1.29 is 4.79 Å². The van der Waals surface area contributed by atoms with Crippen LogP contribution in [0.15, 0.2) is 0 Å². The van der Waals surface area contributed by atoms with Crippen LogP contribution in [0.3, 0.4) is 0 Å². The summed E-state index contributed by atoms with van der Waals surface area (Å²) >= 11 is 0. The normalized spacial score (nSPS) is 20.5. The molecule has 1 atom stereocenters. The van der Waals surface area contributed by atoms with Gasteiger partial charge in [0.1, 0.15) is 0 Å². The molecule has 3 heteroatoms. The maximum Gasteiger partial charge on any atom is 0.220 e. The van der Waals surface area contributed by atoms with Crippen molar-refractivity contribution in [1.29, 1.82) is 0 Å². The van der Waals surface area contributed by atoms with Crippen LogP contribution in [-0.2, 0) is 4.79 Å². The van der Waals surface area contributed by atoms with Crippen LogP contribution in [0.5, 0.6) is 0 Å². The first-order valence-corrected chi connectivity index (χ1v) is 6.96. The first kappa shape index (κ1) is 14.5. The molecule has 0 aliphatic heterocycles. The number of amides is 1. The molecule has 1 fully saturated rings. The Hall–Kier alpha value is -0.570. The number of rotatable bonds is 6. The Kier molecular flexibility index (Phi) is 5.44. The predicted molar refractivity (Wildman–Crippen MR) is 71.6 cm³/mol. The molecule has 17 heavy (non-hydrogen) atoms. The topological polar surface area (TPSA) is 55.1 Å². The van der Waals surface area contributed by atoms with Gasteiger partial charge in [0.05, 0.1) is 0 Å². The summed E-state index contributed by atoms with van der Waals surface area (Å²) in [5.41, 5.74) is 5.56. The second-order valence-corrected chi connectivity index (χ2v) is 6.27. The predicted octanol–water partition coefficient (Wildman–Crippen LogP) is 2.45. The summed E-state index contributed by atoms with van der Waals surface area (Å²) < 4.78 is 0. The molecular formula is C14H28N2O. The molecule has 3 N–H and O–H groups in total. The highest BCUT2D eigenvalue weighted by Gasteiger charge is 2.27. The largest absolute Gasteiger partial charge is 0.350 e. The minimum absolute atomic E-state index is 0.186. The van der Waals surface area contributed by atoms with Gasteiger partial charge < -0.3 is 11.1 Å². The van der Waals surface area contributed by atoms with Crippen LogP contribution in [0.2, 0.25) is 0 Å². The van der Waals surface area contributed by atoms with Gasteiger partial charge in [-0.05, 0) is 38.0 Å². The second-order valence-electron chi connectivity index (χ2n) is 6.27. The number of carbonyl (C=O) groups excluding carboxylic acids is 1. The van der Waals surface area contributed by atoms with Crippen LogP contribution >= 0.6 is 0 Å². The molecule has 0 aromatic heterocycles. The van der Waals surface area contributed by atoms with Gasteiger partial charge in [-0.25, -0.2) is 0 Å². The number of hydrogen-bond donors (Lipinski definition) is 2. The van der Waals surface area contributed by atoms with Crippen molar-refractivity contribution in [1.82, 2.24) is 5.32 Å². The van der Waals surface area contributed by atoms with E-state index in [1.54, 1.807) is 0 Å². The third-order valence-electron chi connectivity index (χ3n) is 3.70. The third kappa shape index (κ3) is 5.07. The summed E-state index contributed by atoms with van der Waals surface area (Å²) in [6.45, 7) is 6.90. The zero-order chi connectivity index (χ0) is 12.9. The van der Waals surface area contributed by atoms with Crippen LogP contribution in [0, 0.1) is 11.8 Å². The van der Waals surface area contributed by atoms with Gasteiger partial charge in [-0.15, -0.1) is 0 Å². The van der Waals surface area contributed by atoms with E-state index in [1.807, 2.05) is 0 Å². The fourth-order valence-corrected chi connectivity index (χ4v) is 2.95. The molecule has 0 aromatic carbocycles. The maximum absolute atomic E-state index is 12.0. The van der Waals surface area contributed by atoms with Gasteiger partial charge in [0.25, 0.3) is 0 Å². The first-order valence-electron chi connectivity index (χ1n) is 6.96. The molecule has 0 spiro atoms. The van der Waals surface area contributed by atoms with Crippen molar-refractivity contribution in [2.24, 2.45) is 17.6 Å². The standard InChI is InChI=1S/C14H28N2O/c1-11(2)9-14(3,10-15)16-13(17)8-12-6-4-5-7-12/h11-12H,4-10,15H2,1-3H3,(H,16,17). The van der Waals surface area contributed by atoms with E-state index in [0.717, 1.165) is 6.42 Å². The van der Waals surface area contributed by atoms with E-state index in [9.17, 15) is 4.79 Å². The monoisotopic (exact) mass is 240 g/mol. The fourth-order valence-electron chi connectivity index (χ4n) is 2.95. The van der Waals surface area contributed by atoms with E-state index < -0.39 is 0 Å². The van der Waals surface area contributed by atoms with E-state index in [1.165, 1.54) is 25.7 Å². The van der Waals surface area contributed by atoms with Crippen molar-refractivity contribution >= 4 is 5.91 Å². The highest BCUT2D eigenvalue weighted by Crippen LogP contribution is 2.27. The van der Waals surface area contributed by atoms with Crippen LogP contribution in [-0.4, -0.2) is 18.0 Å². The molecule has 0 saturated heterocycles. The van der Waals surface area contributed by atoms with Gasteiger partial charge >= 0.3 is 0 Å². The Bertz CT molecular complexity index is 247. The maximum atomic E-state index is 12.0. The van der Waals surface area contributed by atoms with Gasteiger partial charge in [0.2, 0.25) is 5.91 Å². The molecule has 1 aliphatic carbocycles. The van der Waals surface area contributed by atoms with Crippen molar-refractivity contribution in [3.05, 3.63) is 0 Å². The zero-order valence-corrected chi connectivity index (χ0v) is 11.6. The van der Waals surface area contributed by atoms with Crippen molar-refractivity contribution in [2.45, 2.75) is 64.8 Å². The smallest absolute Gasteiger partial charge is 0.220 e. The van der Waals surface area contributed by atoms with E-state index in [4.69, 9.17) is 5.73 Å². The Morgan fingerprint density at radius 1 is 1.41 bits per heavy atom. The number of nitrogens with one attached hydrogen (secondary N) is 1. The number of hydrogen-bond acceptors (Lipinski definition) is 2. The number of carbonyl (C=O) groups is 1. The fraction of sp³-hybridized carbons (Fsp3) is 0.929. The van der Waals surface area contributed by atoms with Crippen molar-refractivity contribution in [3.8, 4) is 0 Å². The summed E-state index contributed by atoms with van der Waals surface area (Å²) in [6.07, 6.45) is 6.65. The molecule has 3 nitrogen and oxygen atoms in total. The van der Waals surface area contributed by atoms with Crippen LogP contribution < -0.4 is 11.1 Å². The second kappa shape index (κ2) is 6.39. The molecule has 1 saturated carbocycles. The average molecular weight is 240 g/mol. The Labute approximate surface area is 106 Å². The van der Waals surface area contributed by atoms with E-state index in [0.29, 0.717) is 24.8 Å². The third-order valence-corrected chi connectivity index (χ3v) is 3.70. The lowest BCUT2D eigenvalue weighted by Gasteiger charge is -2.31. The van der Waals surface area contributed by atoms with Crippen LogP contribution in [0.4, 0.5) is 0 Å². The SMILES string of the molecule is CC(C)CC(C)(CN)NC(=O)CC1CCCC1. The van der Waals surface area contributed by atoms with E-state index in [-0.39, 0.29) is 11.4 Å². The van der Waals surface area contributed by atoms with Crippen LogP contribution in [0.1, 0.15) is 59.3 Å². The molecule has 100 valence electrons. The zero-order valence-electron chi connectivity index (χ0n) is 11.6. The highest BCUT2D eigenvalue weighted by atomic mass is 16.1. The molecule has 1 rings (SSSR count). The van der Waals surface area contributed by atoms with Gasteiger partial charge in [0, 0.05) is 18.5 Å². The summed E-state index contributed by atoms with van der Waals surface area (Å²) in [6, 6.07) is 0. The lowest BCUT2D eigenvalue weighted by molar-refractivity contribution is -0.123. The summed E-state index contributed by atoms with van der Waals surface area (Å²) in [7, 11) is 0. The average Bonchev–Trinajstić information content (AvgIpc) is 2.68. The Morgan fingerprint density at radius 2 is 2.00 bits per heavy atom. The minimum atomic E-state index is -0.232. The molecule has 0 bridgehead atoms. The van der Waals surface area contributed by atoms with E-state index in [2.05, 4.69) is 26.1 Å². The molecule has 1 unspecified atom stereocenters. The highest BCUT2D eigenvalue weighted by molar-refractivity contribution is 5.77. The van der Waals surface area contributed by atoms with Gasteiger partial charge in [-0.3, -0.25) is 4.79 Å². The molecule has 0 heterocycles. The van der Waals surface area contributed by atoms with Gasteiger partial charge in [-0.1, -0.05) is 26.7 Å². The van der Waals surface area contributed by atoms with Crippen molar-refractivity contribution in [3.63, 3.8) is 0 Å². The van der Waals surface area contributed by atoms with Gasteiger partial charge in [0.15, 0.2) is 0 Å². The summed E-state index contributed by atoms with van der Waals surface area (Å²) in [4.78, 5) is 12.0. The van der Waals surface area contributed by atoms with Crippen LogP contribution in [0.25, 0.3) is 0 Å². The Balaban J connectivity index is 2.40. The summed E-state index contributed by atoms with van der Waals surface area (Å²) in [5.74, 6) is 1.34. The summed E-state index contributed by atoms with van der Waals surface area (Å²) in [5, 5.41) is 3.14. The molecule has 0 radical (unpaired) electrons. The number of nitrogens with two attached hydrogens (primary N) is 1. The van der Waals surface area contributed by atoms with Gasteiger partial charge in [-0.2, -0.15) is 0 Å². The molecular weight excluding hydrogens is 212 g/mol. The quantitative estimate of drug-likeness (QED) is 0.749. The first-order chi connectivity index (χ1) is 7.95. The lowest BCUT2D eigenvalue weighted by Crippen LogP contribution is -2.52. The molecule has 1 amide bonds.